The Balaban J connectivity index is 1.40. The Morgan fingerprint density at radius 2 is 1.85 bits per heavy atom. The summed E-state index contributed by atoms with van der Waals surface area (Å²) in [6, 6.07) is 17.2. The van der Waals surface area contributed by atoms with Crippen LogP contribution in [-0.4, -0.2) is 35.4 Å². The second-order valence-corrected chi connectivity index (χ2v) is 6.64. The third-order valence-electron chi connectivity index (χ3n) is 4.92. The Kier molecular flexibility index (Phi) is 4.54. The van der Waals surface area contributed by atoms with Crippen LogP contribution in [-0.2, 0) is 13.0 Å². The van der Waals surface area contributed by atoms with E-state index in [4.69, 9.17) is 0 Å². The lowest BCUT2D eigenvalue weighted by Crippen LogP contribution is -2.38. The standard InChI is InChI=1S/C21H21N3O2/c25-20-13-18(17-7-3-4-8-19(17)23-20)21(26)22-10-12-24-11-9-15-5-1-2-6-16(15)14-24/h1-8,13H,9-12,14H2,(H,22,26)(H,23,25). The Hall–Kier alpha value is -2.92. The summed E-state index contributed by atoms with van der Waals surface area (Å²) in [7, 11) is 0. The third-order valence-corrected chi connectivity index (χ3v) is 4.92. The minimum Gasteiger partial charge on any atom is -0.351 e. The van der Waals surface area contributed by atoms with Crippen LogP contribution in [0, 0.1) is 0 Å². The molecule has 1 aliphatic heterocycles. The van der Waals surface area contributed by atoms with Crippen LogP contribution in [0.5, 0.6) is 0 Å². The summed E-state index contributed by atoms with van der Waals surface area (Å²) in [6.07, 6.45) is 1.04. The van der Waals surface area contributed by atoms with E-state index in [1.807, 2.05) is 18.2 Å². The van der Waals surface area contributed by atoms with Crippen molar-refractivity contribution >= 4 is 16.8 Å². The fourth-order valence-electron chi connectivity index (χ4n) is 3.56. The van der Waals surface area contributed by atoms with Gasteiger partial charge in [-0.05, 0) is 23.6 Å². The third kappa shape index (κ3) is 3.39. The van der Waals surface area contributed by atoms with Gasteiger partial charge in [-0.3, -0.25) is 14.5 Å². The molecule has 0 bridgehead atoms. The fourth-order valence-corrected chi connectivity index (χ4v) is 3.56. The van der Waals surface area contributed by atoms with Crippen molar-refractivity contribution in [2.45, 2.75) is 13.0 Å². The number of hydrogen-bond donors (Lipinski definition) is 2. The summed E-state index contributed by atoms with van der Waals surface area (Å²) in [5.74, 6) is -0.204. The molecule has 132 valence electrons. The number of pyridine rings is 1. The number of rotatable bonds is 4. The fraction of sp³-hybridized carbons (Fsp3) is 0.238. The van der Waals surface area contributed by atoms with E-state index in [0.717, 1.165) is 31.4 Å². The number of H-pyrrole nitrogens is 1. The molecule has 1 aromatic heterocycles. The molecule has 2 N–H and O–H groups in total. The van der Waals surface area contributed by atoms with Crippen molar-refractivity contribution in [3.63, 3.8) is 0 Å². The molecule has 26 heavy (non-hydrogen) atoms. The Bertz CT molecular complexity index is 1010. The van der Waals surface area contributed by atoms with E-state index in [-0.39, 0.29) is 11.5 Å². The van der Waals surface area contributed by atoms with E-state index in [1.165, 1.54) is 17.2 Å². The van der Waals surface area contributed by atoms with Crippen molar-refractivity contribution in [1.82, 2.24) is 15.2 Å². The second kappa shape index (κ2) is 7.14. The topological polar surface area (TPSA) is 65.2 Å². The van der Waals surface area contributed by atoms with Crippen LogP contribution >= 0.6 is 0 Å². The molecule has 0 aliphatic carbocycles. The first kappa shape index (κ1) is 16.5. The molecule has 2 heterocycles. The minimum absolute atomic E-state index is 0.204. The Morgan fingerprint density at radius 3 is 2.73 bits per heavy atom. The van der Waals surface area contributed by atoms with E-state index in [0.29, 0.717) is 17.6 Å². The maximum absolute atomic E-state index is 12.6. The molecule has 0 atom stereocenters. The molecule has 0 unspecified atom stereocenters. The van der Waals surface area contributed by atoms with Crippen LogP contribution in [0.25, 0.3) is 10.9 Å². The summed E-state index contributed by atoms with van der Waals surface area (Å²) in [5, 5.41) is 3.72. The molecule has 1 aliphatic rings. The van der Waals surface area contributed by atoms with E-state index < -0.39 is 0 Å². The molecular weight excluding hydrogens is 326 g/mol. The number of carbonyl (C=O) groups is 1. The Labute approximate surface area is 151 Å². The summed E-state index contributed by atoms with van der Waals surface area (Å²) in [5.41, 5.74) is 3.63. The van der Waals surface area contributed by atoms with Gasteiger partial charge in [-0.2, -0.15) is 0 Å². The number of nitrogens with one attached hydrogen (secondary N) is 2. The maximum atomic E-state index is 12.6. The van der Waals surface area contributed by atoms with Gasteiger partial charge in [0.15, 0.2) is 0 Å². The first-order chi connectivity index (χ1) is 12.7. The highest BCUT2D eigenvalue weighted by Gasteiger charge is 2.16. The van der Waals surface area contributed by atoms with Gasteiger partial charge in [0.1, 0.15) is 0 Å². The lowest BCUT2D eigenvalue weighted by atomic mass is 10.00. The van der Waals surface area contributed by atoms with Crippen LogP contribution in [0.15, 0.2) is 59.4 Å². The monoisotopic (exact) mass is 347 g/mol. The predicted molar refractivity (Wildman–Crippen MR) is 102 cm³/mol. The summed E-state index contributed by atoms with van der Waals surface area (Å²) in [4.78, 5) is 29.5. The summed E-state index contributed by atoms with van der Waals surface area (Å²) >= 11 is 0. The van der Waals surface area contributed by atoms with Gasteiger partial charge in [-0.25, -0.2) is 0 Å². The molecule has 0 fully saturated rings. The molecule has 5 heteroatoms. The number of amides is 1. The molecule has 3 aromatic rings. The predicted octanol–water partition coefficient (Wildman–Crippen LogP) is 2.32. The van der Waals surface area contributed by atoms with Gasteiger partial charge in [0.2, 0.25) is 5.56 Å². The van der Waals surface area contributed by atoms with E-state index in [1.54, 1.807) is 6.07 Å². The second-order valence-electron chi connectivity index (χ2n) is 6.64. The van der Waals surface area contributed by atoms with Gasteiger partial charge in [0, 0.05) is 43.1 Å². The number of aromatic amines is 1. The minimum atomic E-state index is -0.263. The van der Waals surface area contributed by atoms with Gasteiger partial charge in [0.25, 0.3) is 5.91 Å². The van der Waals surface area contributed by atoms with Crippen molar-refractivity contribution in [2.75, 3.05) is 19.6 Å². The Morgan fingerprint density at radius 1 is 1.08 bits per heavy atom. The zero-order valence-electron chi connectivity index (χ0n) is 14.5. The van der Waals surface area contributed by atoms with Gasteiger partial charge < -0.3 is 10.3 Å². The van der Waals surface area contributed by atoms with E-state index in [2.05, 4.69) is 39.5 Å². The van der Waals surface area contributed by atoms with Crippen LogP contribution in [0.3, 0.4) is 0 Å². The SMILES string of the molecule is O=C(NCCN1CCc2ccccc2C1)c1cc(=O)[nH]c2ccccc12. The summed E-state index contributed by atoms with van der Waals surface area (Å²) in [6.45, 7) is 3.27. The first-order valence-corrected chi connectivity index (χ1v) is 8.90. The molecule has 2 aromatic carbocycles. The van der Waals surface area contributed by atoms with Crippen LogP contribution in [0.1, 0.15) is 21.5 Å². The number of carbonyl (C=O) groups excluding carboxylic acids is 1. The van der Waals surface area contributed by atoms with Crippen molar-refractivity contribution in [2.24, 2.45) is 0 Å². The van der Waals surface area contributed by atoms with Crippen LogP contribution in [0.4, 0.5) is 0 Å². The van der Waals surface area contributed by atoms with Crippen LogP contribution in [0.2, 0.25) is 0 Å². The molecular formula is C21H21N3O2. The highest BCUT2D eigenvalue weighted by atomic mass is 16.2. The van der Waals surface area contributed by atoms with Crippen molar-refractivity contribution in [3.05, 3.63) is 81.6 Å². The number of fused-ring (bicyclic) bond motifs is 2. The summed E-state index contributed by atoms with van der Waals surface area (Å²) < 4.78 is 0. The molecule has 4 rings (SSSR count). The molecule has 0 saturated carbocycles. The lowest BCUT2D eigenvalue weighted by Gasteiger charge is -2.28. The molecule has 5 nitrogen and oxygen atoms in total. The van der Waals surface area contributed by atoms with Gasteiger partial charge in [0.05, 0.1) is 5.56 Å². The molecule has 0 spiro atoms. The van der Waals surface area contributed by atoms with Crippen LogP contribution < -0.4 is 10.9 Å². The smallest absolute Gasteiger partial charge is 0.252 e. The average molecular weight is 347 g/mol. The maximum Gasteiger partial charge on any atom is 0.252 e. The molecule has 0 radical (unpaired) electrons. The largest absolute Gasteiger partial charge is 0.351 e. The zero-order chi connectivity index (χ0) is 17.9. The molecule has 0 saturated heterocycles. The van der Waals surface area contributed by atoms with E-state index >= 15 is 0 Å². The highest BCUT2D eigenvalue weighted by molar-refractivity contribution is 6.05. The van der Waals surface area contributed by atoms with E-state index in [9.17, 15) is 9.59 Å². The van der Waals surface area contributed by atoms with Gasteiger partial charge in [-0.15, -0.1) is 0 Å². The molecule has 1 amide bonds. The van der Waals surface area contributed by atoms with Crippen molar-refractivity contribution in [1.29, 1.82) is 0 Å². The number of benzene rings is 2. The number of para-hydroxylation sites is 1. The number of nitrogens with zero attached hydrogens (tertiary/aromatic N) is 1. The van der Waals surface area contributed by atoms with Crippen molar-refractivity contribution in [3.8, 4) is 0 Å². The average Bonchev–Trinajstić information content (AvgIpc) is 2.67. The van der Waals surface area contributed by atoms with Gasteiger partial charge >= 0.3 is 0 Å². The first-order valence-electron chi connectivity index (χ1n) is 8.90. The lowest BCUT2D eigenvalue weighted by molar-refractivity contribution is 0.0949. The number of aromatic nitrogens is 1. The normalized spacial score (nSPS) is 14.2. The quantitative estimate of drug-likeness (QED) is 0.761. The van der Waals surface area contributed by atoms with Crippen molar-refractivity contribution < 1.29 is 4.79 Å². The zero-order valence-corrected chi connectivity index (χ0v) is 14.5. The number of hydrogen-bond acceptors (Lipinski definition) is 3. The van der Waals surface area contributed by atoms with Gasteiger partial charge in [-0.1, -0.05) is 42.5 Å². The highest BCUT2D eigenvalue weighted by Crippen LogP contribution is 2.18.